The topological polar surface area (TPSA) is 63.7 Å². The molecule has 1 aliphatic heterocycles. The van der Waals surface area contributed by atoms with Gasteiger partial charge in [0.25, 0.3) is 5.91 Å². The molecule has 122 valence electrons. The van der Waals surface area contributed by atoms with Gasteiger partial charge in [0.2, 0.25) is 0 Å². The third-order valence-corrected chi connectivity index (χ3v) is 5.66. The number of nitrogens with zero attached hydrogens (tertiary/aromatic N) is 1. The molecule has 22 heavy (non-hydrogen) atoms. The molecule has 1 amide bonds. The normalized spacial score (nSPS) is 20.1. The first kappa shape index (κ1) is 17.1. The monoisotopic (exact) mass is 345 g/mol. The Kier molecular flexibility index (Phi) is 5.02. The summed E-state index contributed by atoms with van der Waals surface area (Å²) in [6.07, 6.45) is 0.470. The number of hydrogen-bond donors (Lipinski definition) is 0. The summed E-state index contributed by atoms with van der Waals surface area (Å²) in [4.78, 5) is 13.9. The van der Waals surface area contributed by atoms with Crippen LogP contribution in [-0.2, 0) is 9.84 Å². The molecule has 1 aliphatic rings. The standard InChI is InChI=1S/C15H20ClNO4S/c1-10(2)21-14-5-4-11(8-13(14)16)15(18)17(3)12-6-7-22(19,20)9-12/h4-5,8,10,12H,6-7,9H2,1-3H3. The summed E-state index contributed by atoms with van der Waals surface area (Å²) in [5.74, 6) is 0.453. The molecule has 0 radical (unpaired) electrons. The van der Waals surface area contributed by atoms with Crippen LogP contribution in [0.25, 0.3) is 0 Å². The Labute approximate surface area is 136 Å². The Morgan fingerprint density at radius 3 is 2.59 bits per heavy atom. The van der Waals surface area contributed by atoms with Gasteiger partial charge in [-0.15, -0.1) is 0 Å². The van der Waals surface area contributed by atoms with E-state index in [4.69, 9.17) is 16.3 Å². The summed E-state index contributed by atoms with van der Waals surface area (Å²) in [7, 11) is -1.40. The van der Waals surface area contributed by atoms with Crippen molar-refractivity contribution in [3.63, 3.8) is 0 Å². The lowest BCUT2D eigenvalue weighted by molar-refractivity contribution is 0.0747. The molecule has 2 rings (SSSR count). The van der Waals surface area contributed by atoms with Crippen LogP contribution in [0.4, 0.5) is 0 Å². The van der Waals surface area contributed by atoms with E-state index in [2.05, 4.69) is 0 Å². The predicted molar refractivity (Wildman–Crippen MR) is 86.4 cm³/mol. The average molecular weight is 346 g/mol. The number of benzene rings is 1. The minimum atomic E-state index is -3.02. The lowest BCUT2D eigenvalue weighted by Gasteiger charge is -2.23. The fourth-order valence-corrected chi connectivity index (χ4v) is 4.43. The quantitative estimate of drug-likeness (QED) is 0.840. The lowest BCUT2D eigenvalue weighted by atomic mass is 10.1. The van der Waals surface area contributed by atoms with Gasteiger partial charge in [-0.3, -0.25) is 4.79 Å². The number of hydrogen-bond acceptors (Lipinski definition) is 4. The molecule has 0 spiro atoms. The highest BCUT2D eigenvalue weighted by atomic mass is 35.5. The van der Waals surface area contributed by atoms with Crippen LogP contribution in [0.1, 0.15) is 30.6 Å². The predicted octanol–water partition coefficient (Wildman–Crippen LogP) is 2.39. The zero-order chi connectivity index (χ0) is 16.5. The highest BCUT2D eigenvalue weighted by molar-refractivity contribution is 7.91. The summed E-state index contributed by atoms with van der Waals surface area (Å²) in [5, 5.41) is 0.368. The number of carbonyl (C=O) groups excluding carboxylic acids is 1. The van der Waals surface area contributed by atoms with Gasteiger partial charge in [0.15, 0.2) is 9.84 Å². The van der Waals surface area contributed by atoms with Crippen molar-refractivity contribution in [2.75, 3.05) is 18.6 Å². The Morgan fingerprint density at radius 1 is 1.41 bits per heavy atom. The van der Waals surface area contributed by atoms with E-state index >= 15 is 0 Å². The lowest BCUT2D eigenvalue weighted by Crippen LogP contribution is -2.37. The highest BCUT2D eigenvalue weighted by Gasteiger charge is 2.33. The van der Waals surface area contributed by atoms with Crippen LogP contribution in [0.2, 0.25) is 5.02 Å². The summed E-state index contributed by atoms with van der Waals surface area (Å²) in [6.45, 7) is 3.79. The van der Waals surface area contributed by atoms with E-state index in [1.807, 2.05) is 13.8 Å². The highest BCUT2D eigenvalue weighted by Crippen LogP contribution is 2.27. The van der Waals surface area contributed by atoms with Gasteiger partial charge in [-0.1, -0.05) is 11.6 Å². The maximum atomic E-state index is 12.5. The Bertz CT molecular complexity index is 672. The second-order valence-electron chi connectivity index (χ2n) is 5.78. The molecule has 1 aromatic carbocycles. The largest absolute Gasteiger partial charge is 0.489 e. The molecule has 5 nitrogen and oxygen atoms in total. The number of sulfone groups is 1. The van der Waals surface area contributed by atoms with E-state index in [9.17, 15) is 13.2 Å². The fourth-order valence-electron chi connectivity index (χ4n) is 2.43. The molecule has 0 N–H and O–H groups in total. The summed E-state index contributed by atoms with van der Waals surface area (Å²) in [5.41, 5.74) is 0.424. The maximum absolute atomic E-state index is 12.5. The minimum absolute atomic E-state index is 0.00887. The number of halogens is 1. The van der Waals surface area contributed by atoms with Crippen LogP contribution in [0.5, 0.6) is 5.75 Å². The van der Waals surface area contributed by atoms with E-state index in [1.165, 1.54) is 4.90 Å². The van der Waals surface area contributed by atoms with Crippen LogP contribution in [0, 0.1) is 0 Å². The summed E-state index contributed by atoms with van der Waals surface area (Å²) in [6, 6.07) is 4.59. The Morgan fingerprint density at radius 2 is 2.09 bits per heavy atom. The van der Waals surface area contributed by atoms with Gasteiger partial charge in [-0.05, 0) is 38.5 Å². The Hall–Kier alpha value is -1.27. The van der Waals surface area contributed by atoms with Gasteiger partial charge < -0.3 is 9.64 Å². The number of amides is 1. The van der Waals surface area contributed by atoms with Crippen molar-refractivity contribution < 1.29 is 17.9 Å². The van der Waals surface area contributed by atoms with E-state index in [-0.39, 0.29) is 29.6 Å². The van der Waals surface area contributed by atoms with Crippen molar-refractivity contribution in [3.05, 3.63) is 28.8 Å². The molecule has 0 saturated carbocycles. The molecule has 1 atom stereocenters. The average Bonchev–Trinajstić information content (AvgIpc) is 2.79. The first-order valence-electron chi connectivity index (χ1n) is 7.13. The molecule has 1 unspecified atom stereocenters. The van der Waals surface area contributed by atoms with Crippen molar-refractivity contribution in [2.24, 2.45) is 0 Å². The van der Waals surface area contributed by atoms with Crippen molar-refractivity contribution in [2.45, 2.75) is 32.4 Å². The van der Waals surface area contributed by atoms with Crippen LogP contribution >= 0.6 is 11.6 Å². The minimum Gasteiger partial charge on any atom is -0.489 e. The third-order valence-electron chi connectivity index (χ3n) is 3.62. The van der Waals surface area contributed by atoms with E-state index < -0.39 is 9.84 Å². The fraction of sp³-hybridized carbons (Fsp3) is 0.533. The molecule has 0 aliphatic carbocycles. The zero-order valence-corrected chi connectivity index (χ0v) is 14.4. The number of carbonyl (C=O) groups is 1. The molecule has 1 heterocycles. The van der Waals surface area contributed by atoms with Crippen LogP contribution in [0.15, 0.2) is 18.2 Å². The van der Waals surface area contributed by atoms with Crippen LogP contribution in [-0.4, -0.2) is 49.9 Å². The van der Waals surface area contributed by atoms with Gasteiger partial charge >= 0.3 is 0 Å². The van der Waals surface area contributed by atoms with E-state index in [0.29, 0.717) is 22.8 Å². The van der Waals surface area contributed by atoms with E-state index in [1.54, 1.807) is 25.2 Å². The molecular weight excluding hydrogens is 326 g/mol. The maximum Gasteiger partial charge on any atom is 0.253 e. The van der Waals surface area contributed by atoms with E-state index in [0.717, 1.165) is 0 Å². The van der Waals surface area contributed by atoms with Gasteiger partial charge in [0.1, 0.15) is 5.75 Å². The first-order valence-corrected chi connectivity index (χ1v) is 9.33. The first-order chi connectivity index (χ1) is 10.2. The molecule has 0 aromatic heterocycles. The molecule has 1 saturated heterocycles. The van der Waals surface area contributed by atoms with Crippen molar-refractivity contribution >= 4 is 27.3 Å². The Balaban J connectivity index is 2.14. The molecular formula is C15H20ClNO4S. The van der Waals surface area contributed by atoms with Crippen LogP contribution < -0.4 is 4.74 Å². The molecule has 1 fully saturated rings. The number of ether oxygens (including phenoxy) is 1. The second kappa shape index (κ2) is 6.46. The van der Waals surface area contributed by atoms with Gasteiger partial charge in [-0.2, -0.15) is 0 Å². The second-order valence-corrected chi connectivity index (χ2v) is 8.42. The van der Waals surface area contributed by atoms with Crippen molar-refractivity contribution in [3.8, 4) is 5.75 Å². The van der Waals surface area contributed by atoms with Gasteiger partial charge in [-0.25, -0.2) is 8.42 Å². The summed E-state index contributed by atoms with van der Waals surface area (Å²) >= 11 is 6.14. The smallest absolute Gasteiger partial charge is 0.253 e. The number of rotatable bonds is 4. The van der Waals surface area contributed by atoms with Gasteiger partial charge in [0, 0.05) is 18.7 Å². The summed E-state index contributed by atoms with van der Waals surface area (Å²) < 4.78 is 28.6. The SMILES string of the molecule is CC(C)Oc1ccc(C(=O)N(C)C2CCS(=O)(=O)C2)cc1Cl. The molecule has 1 aromatic rings. The van der Waals surface area contributed by atoms with Crippen molar-refractivity contribution in [1.82, 2.24) is 4.90 Å². The van der Waals surface area contributed by atoms with Crippen LogP contribution in [0.3, 0.4) is 0 Å². The third kappa shape index (κ3) is 3.93. The molecule has 7 heteroatoms. The van der Waals surface area contributed by atoms with Crippen molar-refractivity contribution in [1.29, 1.82) is 0 Å². The van der Waals surface area contributed by atoms with Gasteiger partial charge in [0.05, 0.1) is 22.6 Å². The zero-order valence-electron chi connectivity index (χ0n) is 12.9. The molecule has 0 bridgehead atoms.